The molecule has 0 aliphatic carbocycles. The average molecular weight is 234 g/mol. The number of anilines is 1. The number of thiazole rings is 1. The van der Waals surface area contributed by atoms with E-state index in [9.17, 15) is 5.21 Å². The third-order valence-corrected chi connectivity index (χ3v) is 4.26. The predicted molar refractivity (Wildman–Crippen MR) is 66.8 cm³/mol. The molecule has 84 valence electrons. The van der Waals surface area contributed by atoms with Crippen LogP contribution in [0, 0.1) is 5.21 Å². The van der Waals surface area contributed by atoms with Gasteiger partial charge in [0, 0.05) is 0 Å². The highest BCUT2D eigenvalue weighted by molar-refractivity contribution is 7.21. The molecule has 2 aromatic rings. The molecule has 0 N–H and O–H groups in total. The van der Waals surface area contributed by atoms with Crippen LogP contribution in [0.25, 0.3) is 10.2 Å². The average Bonchev–Trinajstić information content (AvgIpc) is 2.69. The van der Waals surface area contributed by atoms with Crippen LogP contribution in [-0.2, 0) is 0 Å². The minimum atomic E-state index is 0.799. The second-order valence-corrected chi connectivity index (χ2v) is 5.20. The summed E-state index contributed by atoms with van der Waals surface area (Å²) in [6, 6.07) is 7.82. The lowest BCUT2D eigenvalue weighted by Crippen LogP contribution is -2.38. The van der Waals surface area contributed by atoms with Crippen LogP contribution in [0.5, 0.6) is 0 Å². The minimum absolute atomic E-state index is 0.799. The summed E-state index contributed by atoms with van der Waals surface area (Å²) in [5.74, 6) is 0. The van der Waals surface area contributed by atoms with Crippen molar-refractivity contribution in [1.82, 2.24) is 0 Å². The van der Waals surface area contributed by atoms with E-state index in [-0.39, 0.29) is 0 Å². The van der Waals surface area contributed by atoms with Gasteiger partial charge in [0.2, 0.25) is 0 Å². The Balaban J connectivity index is 2.05. The molecule has 1 aliphatic rings. The smallest absolute Gasteiger partial charge is 0.340 e. The van der Waals surface area contributed by atoms with Gasteiger partial charge in [-0.3, -0.25) is 4.90 Å². The molecule has 1 aromatic heterocycles. The summed E-state index contributed by atoms with van der Waals surface area (Å²) in [5, 5.41) is 13.0. The molecular weight excluding hydrogens is 220 g/mol. The summed E-state index contributed by atoms with van der Waals surface area (Å²) in [7, 11) is 0. The van der Waals surface area contributed by atoms with Gasteiger partial charge < -0.3 is 5.21 Å². The molecule has 0 spiro atoms. The first kappa shape index (κ1) is 9.90. The second kappa shape index (κ2) is 3.94. The number of para-hydroxylation sites is 1. The number of hydrogen-bond acceptors (Lipinski definition) is 3. The highest BCUT2D eigenvalue weighted by atomic mass is 32.1. The highest BCUT2D eigenvalue weighted by Gasteiger charge is 2.23. The van der Waals surface area contributed by atoms with Crippen molar-refractivity contribution in [3.05, 3.63) is 29.5 Å². The Labute approximate surface area is 98.5 Å². The number of benzene rings is 1. The Morgan fingerprint density at radius 1 is 1.12 bits per heavy atom. The predicted octanol–water partition coefficient (Wildman–Crippen LogP) is 2.53. The third kappa shape index (κ3) is 1.53. The zero-order valence-corrected chi connectivity index (χ0v) is 9.87. The fourth-order valence-electron chi connectivity index (χ4n) is 2.23. The highest BCUT2D eigenvalue weighted by Crippen LogP contribution is 2.28. The topological polar surface area (TPSA) is 30.2 Å². The van der Waals surface area contributed by atoms with E-state index in [1.165, 1.54) is 19.3 Å². The van der Waals surface area contributed by atoms with Crippen molar-refractivity contribution in [1.29, 1.82) is 0 Å². The van der Waals surface area contributed by atoms with Crippen LogP contribution in [0.4, 0.5) is 5.13 Å². The Bertz CT molecular complexity index is 503. The van der Waals surface area contributed by atoms with Gasteiger partial charge in [0.05, 0.1) is 17.8 Å². The van der Waals surface area contributed by atoms with Gasteiger partial charge >= 0.3 is 5.13 Å². The van der Waals surface area contributed by atoms with Crippen LogP contribution in [0.1, 0.15) is 19.3 Å². The molecule has 1 aliphatic heterocycles. The SMILES string of the molecule is [O-][n+]1c(N2CCCCC2)sc2ccccc21. The molecule has 0 atom stereocenters. The lowest BCUT2D eigenvalue weighted by Gasteiger charge is -2.21. The number of rotatable bonds is 1. The van der Waals surface area contributed by atoms with Crippen LogP contribution in [0.2, 0.25) is 0 Å². The number of piperidine rings is 1. The second-order valence-electron chi connectivity index (χ2n) is 4.19. The van der Waals surface area contributed by atoms with Gasteiger partial charge in [-0.05, 0) is 42.7 Å². The Hall–Kier alpha value is -1.29. The molecule has 4 heteroatoms. The molecule has 1 saturated heterocycles. The van der Waals surface area contributed by atoms with Crippen LogP contribution in [0.15, 0.2) is 24.3 Å². The van der Waals surface area contributed by atoms with E-state index in [1.807, 2.05) is 24.3 Å². The summed E-state index contributed by atoms with van der Waals surface area (Å²) < 4.78 is 2.17. The van der Waals surface area contributed by atoms with E-state index < -0.39 is 0 Å². The third-order valence-electron chi connectivity index (χ3n) is 3.09. The lowest BCUT2D eigenvalue weighted by molar-refractivity contribution is -0.559. The molecule has 0 radical (unpaired) electrons. The largest absolute Gasteiger partial charge is 0.710 e. The maximum Gasteiger partial charge on any atom is 0.340 e. The van der Waals surface area contributed by atoms with E-state index in [0.29, 0.717) is 0 Å². The van der Waals surface area contributed by atoms with Crippen LogP contribution >= 0.6 is 11.3 Å². The zero-order valence-electron chi connectivity index (χ0n) is 9.06. The number of hydrogen-bond donors (Lipinski definition) is 0. The molecule has 1 aromatic carbocycles. The van der Waals surface area contributed by atoms with Gasteiger partial charge in [-0.2, -0.15) is 0 Å². The first-order chi connectivity index (χ1) is 7.86. The van der Waals surface area contributed by atoms with Gasteiger partial charge in [0.25, 0.3) is 0 Å². The van der Waals surface area contributed by atoms with Gasteiger partial charge in [0.1, 0.15) is 5.52 Å². The van der Waals surface area contributed by atoms with Crippen LogP contribution in [0.3, 0.4) is 0 Å². The molecule has 0 amide bonds. The summed E-state index contributed by atoms with van der Waals surface area (Å²) in [5.41, 5.74) is 0.799. The quantitative estimate of drug-likeness (QED) is 0.560. The van der Waals surface area contributed by atoms with Gasteiger partial charge in [-0.25, -0.2) is 4.73 Å². The number of nitrogens with zero attached hydrogens (tertiary/aromatic N) is 2. The van der Waals surface area contributed by atoms with E-state index in [4.69, 9.17) is 0 Å². The molecule has 16 heavy (non-hydrogen) atoms. The minimum Gasteiger partial charge on any atom is -0.710 e. The van der Waals surface area contributed by atoms with Crippen molar-refractivity contribution in [2.75, 3.05) is 18.0 Å². The van der Waals surface area contributed by atoms with Gasteiger partial charge in [0.15, 0.2) is 0 Å². The van der Waals surface area contributed by atoms with Gasteiger partial charge in [-0.15, -0.1) is 0 Å². The summed E-state index contributed by atoms with van der Waals surface area (Å²) in [4.78, 5) is 2.22. The molecule has 0 unspecified atom stereocenters. The van der Waals surface area contributed by atoms with E-state index in [0.717, 1.165) is 33.2 Å². The first-order valence-corrected chi connectivity index (χ1v) is 6.54. The van der Waals surface area contributed by atoms with Crippen molar-refractivity contribution in [2.45, 2.75) is 19.3 Å². The van der Waals surface area contributed by atoms with Crippen LogP contribution < -0.4 is 9.63 Å². The standard InChI is InChI=1S/C12H14N2OS/c15-14-10-6-2-3-7-11(10)16-12(14)13-8-4-1-5-9-13/h2-3,6-7H,1,4-5,8-9H2. The van der Waals surface area contributed by atoms with E-state index >= 15 is 0 Å². The zero-order chi connectivity index (χ0) is 11.0. The summed E-state index contributed by atoms with van der Waals surface area (Å²) in [6.07, 6.45) is 3.70. The fourth-order valence-corrected chi connectivity index (χ4v) is 3.32. The summed E-state index contributed by atoms with van der Waals surface area (Å²) in [6.45, 7) is 2.05. The maximum absolute atomic E-state index is 12.1. The fraction of sp³-hybridized carbons (Fsp3) is 0.417. The Morgan fingerprint density at radius 2 is 1.88 bits per heavy atom. The normalized spacial score (nSPS) is 16.9. The van der Waals surface area contributed by atoms with E-state index in [1.54, 1.807) is 11.3 Å². The molecule has 0 bridgehead atoms. The van der Waals surface area contributed by atoms with Crippen molar-refractivity contribution < 1.29 is 4.73 Å². The molecule has 1 fully saturated rings. The molecule has 3 rings (SSSR count). The van der Waals surface area contributed by atoms with Crippen molar-refractivity contribution in [2.24, 2.45) is 0 Å². The number of fused-ring (bicyclic) bond motifs is 1. The van der Waals surface area contributed by atoms with E-state index in [2.05, 4.69) is 4.90 Å². The van der Waals surface area contributed by atoms with Gasteiger partial charge in [-0.1, -0.05) is 12.1 Å². The van der Waals surface area contributed by atoms with Crippen LogP contribution in [-0.4, -0.2) is 13.1 Å². The molecule has 3 nitrogen and oxygen atoms in total. The van der Waals surface area contributed by atoms with Crippen molar-refractivity contribution in [3.8, 4) is 0 Å². The molecule has 2 heterocycles. The number of aromatic nitrogens is 1. The summed E-state index contributed by atoms with van der Waals surface area (Å²) >= 11 is 1.61. The maximum atomic E-state index is 12.1. The van der Waals surface area contributed by atoms with Crippen molar-refractivity contribution in [3.63, 3.8) is 0 Å². The monoisotopic (exact) mass is 234 g/mol. The van der Waals surface area contributed by atoms with Crippen molar-refractivity contribution >= 4 is 26.7 Å². The molecular formula is C12H14N2OS. The Kier molecular flexibility index (Phi) is 2.44. The Morgan fingerprint density at radius 3 is 2.62 bits per heavy atom. The molecule has 0 saturated carbocycles. The lowest BCUT2D eigenvalue weighted by atomic mass is 10.1. The first-order valence-electron chi connectivity index (χ1n) is 5.72.